The van der Waals surface area contributed by atoms with Crippen LogP contribution in [0.4, 0.5) is 25.2 Å². The maximum atomic E-state index is 16.2. The number of halogens is 3. The topological polar surface area (TPSA) is 186 Å². The quantitative estimate of drug-likeness (QED) is 0.0928. The summed E-state index contributed by atoms with van der Waals surface area (Å²) in [6.07, 6.45) is 6.51. The van der Waals surface area contributed by atoms with Crippen LogP contribution in [0.1, 0.15) is 79.3 Å². The first-order chi connectivity index (χ1) is 34.2. The predicted octanol–water partition coefficient (Wildman–Crippen LogP) is 8.43. The highest BCUT2D eigenvalue weighted by Crippen LogP contribution is 2.56. The third-order valence-corrected chi connectivity index (χ3v) is 15.2. The summed E-state index contributed by atoms with van der Waals surface area (Å²) in [5.74, 6) is -2.10. The van der Waals surface area contributed by atoms with Crippen molar-refractivity contribution in [1.82, 2.24) is 30.3 Å². The van der Waals surface area contributed by atoms with E-state index in [4.69, 9.17) is 26.8 Å². The van der Waals surface area contributed by atoms with Crippen LogP contribution in [0.5, 0.6) is 11.5 Å². The number of primary amides is 1. The molecule has 5 N–H and O–H groups in total. The van der Waals surface area contributed by atoms with Crippen molar-refractivity contribution in [2.45, 2.75) is 75.5 Å². The molecule has 2 unspecified atom stereocenters. The van der Waals surface area contributed by atoms with Crippen LogP contribution < -0.4 is 36.1 Å². The number of fused-ring (bicyclic) bond motifs is 2. The fourth-order valence-corrected chi connectivity index (χ4v) is 11.3. The van der Waals surface area contributed by atoms with Gasteiger partial charge >= 0.3 is 6.03 Å². The number of hydrogen-bond donors (Lipinski definition) is 4. The summed E-state index contributed by atoms with van der Waals surface area (Å²) in [7, 11) is 3.13. The van der Waals surface area contributed by atoms with Crippen molar-refractivity contribution in [3.63, 3.8) is 0 Å². The number of amides is 5. The molecule has 5 amide bonds. The normalized spacial score (nSPS) is 21.5. The van der Waals surface area contributed by atoms with Gasteiger partial charge in [-0.15, -0.1) is 0 Å². The van der Waals surface area contributed by atoms with Gasteiger partial charge in [-0.3, -0.25) is 29.3 Å². The van der Waals surface area contributed by atoms with Crippen molar-refractivity contribution in [3.05, 3.63) is 118 Å². The van der Waals surface area contributed by atoms with Gasteiger partial charge in [0.25, 0.3) is 0 Å². The number of rotatable bonds is 12. The van der Waals surface area contributed by atoms with Crippen molar-refractivity contribution in [1.29, 1.82) is 0 Å². The lowest BCUT2D eigenvalue weighted by Crippen LogP contribution is -2.49. The van der Waals surface area contributed by atoms with Crippen LogP contribution in [-0.4, -0.2) is 88.8 Å². The predicted molar refractivity (Wildman–Crippen MR) is 265 cm³/mol. The van der Waals surface area contributed by atoms with E-state index < -0.39 is 35.1 Å². The molecule has 18 heteroatoms. The van der Waals surface area contributed by atoms with Gasteiger partial charge in [0.1, 0.15) is 17.4 Å². The summed E-state index contributed by atoms with van der Waals surface area (Å²) in [5.41, 5.74) is 8.25. The van der Waals surface area contributed by atoms with E-state index in [1.54, 1.807) is 10.9 Å². The molecular formula is C53H54ClF2N9O6. The molecule has 368 valence electrons. The molecule has 0 spiro atoms. The average molecular weight is 987 g/mol. The molecule has 10 rings (SSSR count). The first kappa shape index (κ1) is 47.6. The second-order valence-corrected chi connectivity index (χ2v) is 19.3. The molecule has 2 atom stereocenters. The zero-order valence-corrected chi connectivity index (χ0v) is 40.3. The van der Waals surface area contributed by atoms with E-state index in [2.05, 4.69) is 26.0 Å². The van der Waals surface area contributed by atoms with E-state index in [0.29, 0.717) is 31.0 Å². The molecule has 2 aromatic heterocycles. The largest absolute Gasteiger partial charge is 0.494 e. The van der Waals surface area contributed by atoms with Gasteiger partial charge < -0.3 is 30.7 Å². The second-order valence-electron chi connectivity index (χ2n) is 18.9. The number of benzene rings is 4. The van der Waals surface area contributed by atoms with Crippen LogP contribution in [0.3, 0.4) is 0 Å². The van der Waals surface area contributed by atoms with Crippen LogP contribution >= 0.6 is 11.6 Å². The second kappa shape index (κ2) is 19.2. The third-order valence-electron chi connectivity index (χ3n) is 14.9. The summed E-state index contributed by atoms with van der Waals surface area (Å²) >= 11 is 6.70. The Labute approximate surface area is 414 Å². The molecular weight excluding hydrogens is 932 g/mol. The molecule has 15 nitrogen and oxygen atoms in total. The number of aromatic nitrogens is 3. The lowest BCUT2D eigenvalue weighted by Gasteiger charge is -2.38. The molecule has 71 heavy (non-hydrogen) atoms. The SMILES string of the molecule is COc1ccc(C(N)=O)c(-c2c(Cl)c(F)cc3c2C(C)C(CNC2CCC(C(=O)N4CCC(Nc5cc(-c6ccc7c(N8CCC(=O)NC8=O)nn(C)c7c6)ccn5)CC4)CC2)(c2ccccc2)O3)c1F. The molecule has 6 aromatic rings. The Hall–Kier alpha value is -7.11. The van der Waals surface area contributed by atoms with Crippen molar-refractivity contribution in [2.24, 2.45) is 18.7 Å². The minimum absolute atomic E-state index is 0.0125. The molecule has 0 radical (unpaired) electrons. The Morgan fingerprint density at radius 3 is 2.39 bits per heavy atom. The summed E-state index contributed by atoms with van der Waals surface area (Å²) in [4.78, 5) is 59.1. The zero-order chi connectivity index (χ0) is 49.7. The van der Waals surface area contributed by atoms with Crippen molar-refractivity contribution in [2.75, 3.05) is 43.5 Å². The number of piperidine rings is 1. The van der Waals surface area contributed by atoms with Gasteiger partial charge in [0.15, 0.2) is 23.0 Å². The number of nitrogens with one attached hydrogen (secondary N) is 3. The number of carbonyl (C=O) groups excluding carboxylic acids is 4. The van der Waals surface area contributed by atoms with Crippen LogP contribution in [0.25, 0.3) is 33.2 Å². The molecule has 2 saturated heterocycles. The van der Waals surface area contributed by atoms with Gasteiger partial charge in [-0.05, 0) is 91.6 Å². The Balaban J connectivity index is 0.767. The van der Waals surface area contributed by atoms with Gasteiger partial charge in [-0.1, -0.05) is 54.9 Å². The van der Waals surface area contributed by atoms with Gasteiger partial charge in [-0.2, -0.15) is 5.10 Å². The highest BCUT2D eigenvalue weighted by Gasteiger charge is 2.50. The lowest BCUT2D eigenvalue weighted by molar-refractivity contribution is -0.137. The van der Waals surface area contributed by atoms with Crippen LogP contribution in [-0.2, 0) is 22.2 Å². The monoisotopic (exact) mass is 985 g/mol. The van der Waals surface area contributed by atoms with E-state index in [0.717, 1.165) is 71.9 Å². The minimum atomic E-state index is -1.09. The van der Waals surface area contributed by atoms with E-state index in [1.807, 2.05) is 79.5 Å². The number of imide groups is 1. The summed E-state index contributed by atoms with van der Waals surface area (Å²) < 4.78 is 45.8. The number of nitrogens with two attached hydrogens (primary N) is 1. The number of likely N-dealkylation sites (tertiary alicyclic amines) is 1. The highest BCUT2D eigenvalue weighted by atomic mass is 35.5. The summed E-state index contributed by atoms with van der Waals surface area (Å²) in [6.45, 7) is 3.78. The highest BCUT2D eigenvalue weighted by molar-refractivity contribution is 6.34. The van der Waals surface area contributed by atoms with Crippen molar-refractivity contribution < 1.29 is 37.4 Å². The van der Waals surface area contributed by atoms with Crippen LogP contribution in [0.15, 0.2) is 85.1 Å². The average Bonchev–Trinajstić information content (AvgIpc) is 3.85. The van der Waals surface area contributed by atoms with Gasteiger partial charge in [0, 0.05) is 97.9 Å². The van der Waals surface area contributed by atoms with Gasteiger partial charge in [0.05, 0.1) is 23.2 Å². The lowest BCUT2D eigenvalue weighted by atomic mass is 9.77. The van der Waals surface area contributed by atoms with Crippen LogP contribution in [0.2, 0.25) is 5.02 Å². The van der Waals surface area contributed by atoms with E-state index in [1.165, 1.54) is 30.2 Å². The Morgan fingerprint density at radius 1 is 0.930 bits per heavy atom. The van der Waals surface area contributed by atoms with Crippen LogP contribution in [0, 0.1) is 17.6 Å². The molecule has 4 aliphatic rings. The van der Waals surface area contributed by atoms with Crippen molar-refractivity contribution in [3.8, 4) is 33.8 Å². The first-order valence-corrected chi connectivity index (χ1v) is 24.4. The molecule has 1 saturated carbocycles. The number of ether oxygens (including phenoxy) is 2. The van der Waals surface area contributed by atoms with E-state index >= 15 is 8.78 Å². The molecule has 4 aromatic carbocycles. The molecule has 0 bridgehead atoms. The van der Waals surface area contributed by atoms with Gasteiger partial charge in [-0.25, -0.2) is 18.6 Å². The fourth-order valence-electron chi connectivity index (χ4n) is 11.0. The van der Waals surface area contributed by atoms with E-state index in [9.17, 15) is 19.2 Å². The van der Waals surface area contributed by atoms with Crippen molar-refractivity contribution >= 4 is 57.9 Å². The minimum Gasteiger partial charge on any atom is -0.494 e. The molecule has 1 aliphatic carbocycles. The standard InChI is InChI=1S/C53H54ClF2N9O6/c1-29-44-41(27-38(55)47(54)46(44)45-37(49(57)67)15-16-40(70-3)48(45)56)71-53(29,33-7-5-4-6-8-33)28-59-34-12-9-30(10-13-34)51(68)64-22-18-35(19-23-64)60-42-26-32(17-21-58-42)31-11-14-36-39(25-31)63(2)62-50(36)65-24-20-43(66)61-52(65)69/h4-8,11,14-17,21,25-27,29-30,34-35,59H,9-10,12-13,18-20,22-24,28H2,1-3H3,(H2,57,67)(H,58,60)(H,61,66,69). The number of methoxy groups -OCH3 is 1. The zero-order valence-electron chi connectivity index (χ0n) is 39.6. The number of anilines is 2. The Kier molecular flexibility index (Phi) is 12.9. The fraction of sp³-hybridized carbons (Fsp3) is 0.358. The first-order valence-electron chi connectivity index (χ1n) is 24.0. The van der Waals surface area contributed by atoms with Gasteiger partial charge in [0.2, 0.25) is 17.7 Å². The number of aryl methyl sites for hydroxylation is 1. The Morgan fingerprint density at radius 2 is 1.68 bits per heavy atom. The third kappa shape index (κ3) is 8.79. The number of nitrogens with zero attached hydrogens (tertiary/aromatic N) is 5. The maximum Gasteiger partial charge on any atom is 0.329 e. The van der Waals surface area contributed by atoms with E-state index in [-0.39, 0.29) is 76.0 Å². The number of pyridine rings is 1. The molecule has 3 fully saturated rings. The number of urea groups is 1. The number of carbonyl (C=O) groups is 4. The smallest absolute Gasteiger partial charge is 0.329 e. The summed E-state index contributed by atoms with van der Waals surface area (Å²) in [5, 5.41) is 14.8. The Bertz CT molecular complexity index is 3080. The molecule has 5 heterocycles. The summed E-state index contributed by atoms with van der Waals surface area (Å²) in [6, 6.07) is 23.1. The molecule has 3 aliphatic heterocycles. The maximum absolute atomic E-state index is 16.2. The number of hydrogen-bond acceptors (Lipinski definition) is 10.